The molecule has 2 bridgehead atoms. The van der Waals surface area contributed by atoms with Crippen LogP contribution < -0.4 is 0 Å². The van der Waals surface area contributed by atoms with Crippen LogP contribution in [0.4, 0.5) is 0 Å². The van der Waals surface area contributed by atoms with E-state index in [1.54, 1.807) is 0 Å². The van der Waals surface area contributed by atoms with Gasteiger partial charge in [-0.15, -0.1) is 0 Å². The van der Waals surface area contributed by atoms with Gasteiger partial charge in [0, 0.05) is 19.3 Å². The summed E-state index contributed by atoms with van der Waals surface area (Å²) < 4.78 is 17.2. The molecule has 48 heavy (non-hydrogen) atoms. The first kappa shape index (κ1) is 42.5. The van der Waals surface area contributed by atoms with Gasteiger partial charge in [-0.05, 0) is 109 Å². The second-order valence-corrected chi connectivity index (χ2v) is 15.5. The molecule has 3 saturated carbocycles. The maximum absolute atomic E-state index is 12.6. The minimum atomic E-state index is -0.151. The molecule has 0 aromatic carbocycles. The molecule has 0 aromatic rings. The van der Waals surface area contributed by atoms with Crippen molar-refractivity contribution >= 4 is 17.9 Å². The number of nitrogens with zero attached hydrogens (tertiary/aromatic N) is 1. The summed E-state index contributed by atoms with van der Waals surface area (Å²) in [4.78, 5) is 39.5. The van der Waals surface area contributed by atoms with Gasteiger partial charge in [0.2, 0.25) is 0 Å². The molecule has 3 rings (SSSR count). The number of hydrogen-bond donors (Lipinski definition) is 0. The molecule has 2 atom stereocenters. The highest BCUT2D eigenvalue weighted by Gasteiger charge is 2.36. The van der Waals surface area contributed by atoms with E-state index in [9.17, 15) is 14.4 Å². The summed E-state index contributed by atoms with van der Waals surface area (Å²) >= 11 is 0. The molecule has 7 nitrogen and oxygen atoms in total. The molecule has 0 radical (unpaired) electrons. The van der Waals surface area contributed by atoms with Gasteiger partial charge in [0.1, 0.15) is 6.10 Å². The number of carbonyl (C=O) groups is 3. The maximum atomic E-state index is 12.6. The van der Waals surface area contributed by atoms with Crippen LogP contribution in [0, 0.1) is 23.7 Å². The SMILES string of the molecule is CCCCCC(CCCCC)CCOC(=O)CCCCCCCC(CCCC(=O)OCC1CC2CCC1CC2)OC(=O)CCCN(C)C. The zero-order valence-electron chi connectivity index (χ0n) is 31.8. The molecule has 7 heteroatoms. The third kappa shape index (κ3) is 20.8. The smallest absolute Gasteiger partial charge is 0.306 e. The molecular weight excluding hydrogens is 602 g/mol. The van der Waals surface area contributed by atoms with Gasteiger partial charge in [-0.3, -0.25) is 14.4 Å². The minimum absolute atomic E-state index is 0.0541. The van der Waals surface area contributed by atoms with Gasteiger partial charge in [-0.1, -0.05) is 97.3 Å². The lowest BCUT2D eigenvalue weighted by Gasteiger charge is -2.42. The Morgan fingerprint density at radius 2 is 1.21 bits per heavy atom. The third-order valence-electron chi connectivity index (χ3n) is 11.0. The summed E-state index contributed by atoms with van der Waals surface area (Å²) in [6.45, 7) is 6.51. The first-order valence-corrected chi connectivity index (χ1v) is 20.5. The number of esters is 3. The zero-order chi connectivity index (χ0) is 34.8. The van der Waals surface area contributed by atoms with Crippen LogP contribution >= 0.6 is 0 Å². The van der Waals surface area contributed by atoms with E-state index in [0.717, 1.165) is 69.7 Å². The van der Waals surface area contributed by atoms with Gasteiger partial charge in [0.15, 0.2) is 0 Å². The fraction of sp³-hybridized carbons (Fsp3) is 0.927. The van der Waals surface area contributed by atoms with Crippen molar-refractivity contribution < 1.29 is 28.6 Å². The van der Waals surface area contributed by atoms with Gasteiger partial charge in [-0.25, -0.2) is 0 Å². The molecule has 2 unspecified atom stereocenters. The van der Waals surface area contributed by atoms with E-state index in [-0.39, 0.29) is 24.0 Å². The van der Waals surface area contributed by atoms with Crippen molar-refractivity contribution in [2.24, 2.45) is 23.7 Å². The van der Waals surface area contributed by atoms with Crippen molar-refractivity contribution in [1.82, 2.24) is 4.90 Å². The van der Waals surface area contributed by atoms with E-state index in [2.05, 4.69) is 18.7 Å². The Morgan fingerprint density at radius 3 is 1.85 bits per heavy atom. The average molecular weight is 678 g/mol. The normalized spacial score (nSPS) is 19.5. The predicted octanol–water partition coefficient (Wildman–Crippen LogP) is 10.2. The molecule has 0 N–H and O–H groups in total. The van der Waals surface area contributed by atoms with Crippen LogP contribution in [-0.4, -0.2) is 62.8 Å². The third-order valence-corrected chi connectivity index (χ3v) is 11.0. The summed E-state index contributed by atoms with van der Waals surface area (Å²) in [5.74, 6) is 2.54. The highest BCUT2D eigenvalue weighted by Crippen LogP contribution is 2.45. The summed E-state index contributed by atoms with van der Waals surface area (Å²) in [5.41, 5.74) is 0. The Morgan fingerprint density at radius 1 is 0.625 bits per heavy atom. The molecule has 3 aliphatic carbocycles. The first-order valence-electron chi connectivity index (χ1n) is 20.5. The van der Waals surface area contributed by atoms with Crippen LogP contribution in [0.15, 0.2) is 0 Å². The van der Waals surface area contributed by atoms with E-state index < -0.39 is 0 Å². The van der Waals surface area contributed by atoms with Crippen LogP contribution in [0.5, 0.6) is 0 Å². The van der Waals surface area contributed by atoms with Gasteiger partial charge in [-0.2, -0.15) is 0 Å². The van der Waals surface area contributed by atoms with Crippen molar-refractivity contribution in [3.8, 4) is 0 Å². The van der Waals surface area contributed by atoms with Crippen molar-refractivity contribution in [1.29, 1.82) is 0 Å². The molecule has 280 valence electrons. The van der Waals surface area contributed by atoms with Gasteiger partial charge >= 0.3 is 17.9 Å². The number of unbranched alkanes of at least 4 members (excludes halogenated alkanes) is 8. The van der Waals surface area contributed by atoms with E-state index in [1.165, 1.54) is 83.5 Å². The van der Waals surface area contributed by atoms with Crippen LogP contribution in [0.1, 0.15) is 181 Å². The fourth-order valence-corrected chi connectivity index (χ4v) is 7.90. The van der Waals surface area contributed by atoms with Crippen molar-refractivity contribution in [3.63, 3.8) is 0 Å². The highest BCUT2D eigenvalue weighted by atomic mass is 16.5. The predicted molar refractivity (Wildman–Crippen MR) is 196 cm³/mol. The Bertz CT molecular complexity index is 829. The molecule has 0 saturated heterocycles. The van der Waals surface area contributed by atoms with Crippen LogP contribution in [0.3, 0.4) is 0 Å². The molecule has 0 amide bonds. The molecular formula is C41H75NO6. The minimum Gasteiger partial charge on any atom is -0.466 e. The molecule has 0 spiro atoms. The number of fused-ring (bicyclic) bond motifs is 3. The Labute approximate surface area is 295 Å². The molecule has 0 aliphatic heterocycles. The summed E-state index contributed by atoms with van der Waals surface area (Å²) in [6, 6.07) is 0. The van der Waals surface area contributed by atoms with Gasteiger partial charge in [0.25, 0.3) is 0 Å². The van der Waals surface area contributed by atoms with Crippen LogP contribution in [-0.2, 0) is 28.6 Å². The lowest BCUT2D eigenvalue weighted by molar-refractivity contribution is -0.150. The second kappa shape index (κ2) is 27.1. The van der Waals surface area contributed by atoms with Crippen LogP contribution in [0.25, 0.3) is 0 Å². The Hall–Kier alpha value is -1.63. The molecule has 0 heterocycles. The van der Waals surface area contributed by atoms with Crippen molar-refractivity contribution in [2.75, 3.05) is 33.9 Å². The lowest BCUT2D eigenvalue weighted by Crippen LogP contribution is -2.34. The molecule has 0 aromatic heterocycles. The summed E-state index contributed by atoms with van der Waals surface area (Å²) in [5, 5.41) is 0. The standard InChI is InChI=1S/C41H75NO6/c1-5-7-12-18-34(19-13-8-6-2)29-31-46-39(43)22-15-11-9-10-14-20-38(48-41(45)24-17-30-42(3)4)21-16-23-40(44)47-33-37-32-35-25-27-36(37)28-26-35/h34-38H,5-33H2,1-4H3. The van der Waals surface area contributed by atoms with E-state index >= 15 is 0 Å². The van der Waals surface area contributed by atoms with Crippen LogP contribution in [0.2, 0.25) is 0 Å². The lowest BCUT2D eigenvalue weighted by atomic mass is 9.65. The molecule has 3 aliphatic rings. The van der Waals surface area contributed by atoms with E-state index in [0.29, 0.717) is 57.2 Å². The average Bonchev–Trinajstić information content (AvgIpc) is 3.07. The zero-order valence-corrected chi connectivity index (χ0v) is 31.8. The topological polar surface area (TPSA) is 82.1 Å². The molecule has 3 fully saturated rings. The van der Waals surface area contributed by atoms with Gasteiger partial charge in [0.05, 0.1) is 13.2 Å². The Kier molecular flexibility index (Phi) is 24.0. The highest BCUT2D eigenvalue weighted by molar-refractivity contribution is 5.70. The van der Waals surface area contributed by atoms with Crippen molar-refractivity contribution in [3.05, 3.63) is 0 Å². The number of rotatable bonds is 30. The first-order chi connectivity index (χ1) is 23.3. The van der Waals surface area contributed by atoms with E-state index in [4.69, 9.17) is 14.2 Å². The number of carbonyl (C=O) groups excluding carboxylic acids is 3. The fourth-order valence-electron chi connectivity index (χ4n) is 7.90. The number of hydrogen-bond acceptors (Lipinski definition) is 7. The van der Waals surface area contributed by atoms with Gasteiger partial charge < -0.3 is 19.1 Å². The quantitative estimate of drug-likeness (QED) is 0.0425. The maximum Gasteiger partial charge on any atom is 0.306 e. The monoisotopic (exact) mass is 678 g/mol. The Balaban J connectivity index is 1.60. The second-order valence-electron chi connectivity index (χ2n) is 15.5. The van der Waals surface area contributed by atoms with Crippen molar-refractivity contribution in [2.45, 2.75) is 187 Å². The summed E-state index contributed by atoms with van der Waals surface area (Å²) in [6.07, 6.45) is 26.9. The van der Waals surface area contributed by atoms with E-state index in [1.807, 2.05) is 14.1 Å². The largest absolute Gasteiger partial charge is 0.466 e. The summed E-state index contributed by atoms with van der Waals surface area (Å²) in [7, 11) is 4.02. The number of ether oxygens (including phenoxy) is 3.